The molecule has 0 bridgehead atoms. The number of ether oxygens (including phenoxy) is 1. The number of urea groups is 1. The Morgan fingerprint density at radius 1 is 1.15 bits per heavy atom. The van der Waals surface area contributed by atoms with Crippen LogP contribution in [-0.4, -0.2) is 68.5 Å². The number of hydrogen-bond acceptors (Lipinski definition) is 5. The summed E-state index contributed by atoms with van der Waals surface area (Å²) in [6.45, 7) is 13.1. The summed E-state index contributed by atoms with van der Waals surface area (Å²) in [6.07, 6.45) is 1.65. The first-order chi connectivity index (χ1) is 15.8. The van der Waals surface area contributed by atoms with Gasteiger partial charge in [-0.15, -0.1) is 0 Å². The molecular formula is C24H39FN4O4S. The first-order valence-corrected chi connectivity index (χ1v) is 13.6. The molecule has 2 atom stereocenters. The number of benzene rings is 1. The topological polar surface area (TPSA) is 91.0 Å². The fraction of sp³-hybridized carbons (Fsp3) is 0.708. The van der Waals surface area contributed by atoms with Crippen molar-refractivity contribution in [2.24, 2.45) is 0 Å². The van der Waals surface area contributed by atoms with E-state index in [2.05, 4.69) is 14.9 Å². The Bertz CT molecular complexity index is 977. The van der Waals surface area contributed by atoms with Gasteiger partial charge in [0.25, 0.3) is 0 Å². The second-order valence-electron chi connectivity index (χ2n) is 10.4. The van der Waals surface area contributed by atoms with Crippen LogP contribution >= 0.6 is 0 Å². The lowest BCUT2D eigenvalue weighted by Gasteiger charge is -2.38. The van der Waals surface area contributed by atoms with E-state index in [1.54, 1.807) is 31.7 Å². The molecule has 2 aliphatic heterocycles. The molecule has 2 heterocycles. The first kappa shape index (κ1) is 26.7. The summed E-state index contributed by atoms with van der Waals surface area (Å²) < 4.78 is 47.9. The van der Waals surface area contributed by atoms with Gasteiger partial charge in [0, 0.05) is 43.5 Å². The van der Waals surface area contributed by atoms with Gasteiger partial charge in [-0.05, 0) is 66.0 Å². The van der Waals surface area contributed by atoms with Gasteiger partial charge in [0.2, 0.25) is 10.0 Å². The van der Waals surface area contributed by atoms with Gasteiger partial charge in [-0.25, -0.2) is 22.3 Å². The van der Waals surface area contributed by atoms with Crippen molar-refractivity contribution in [1.82, 2.24) is 9.62 Å². The molecule has 10 heteroatoms. The Morgan fingerprint density at radius 3 is 2.26 bits per heavy atom. The van der Waals surface area contributed by atoms with Crippen molar-refractivity contribution in [3.63, 3.8) is 0 Å². The third kappa shape index (κ3) is 6.01. The number of amides is 2. The van der Waals surface area contributed by atoms with Gasteiger partial charge in [-0.2, -0.15) is 0 Å². The average Bonchev–Trinajstić information content (AvgIpc) is 2.73. The van der Waals surface area contributed by atoms with Crippen LogP contribution in [0.2, 0.25) is 0 Å². The quantitative estimate of drug-likeness (QED) is 0.646. The van der Waals surface area contributed by atoms with Gasteiger partial charge >= 0.3 is 6.03 Å². The molecule has 192 valence electrons. The number of hydrogen-bond donors (Lipinski definition) is 2. The molecule has 0 saturated carbocycles. The minimum atomic E-state index is -3.45. The maximum Gasteiger partial charge on any atom is 0.321 e. The van der Waals surface area contributed by atoms with Gasteiger partial charge in [-0.3, -0.25) is 0 Å². The Kier molecular flexibility index (Phi) is 8.14. The standard InChI is InChI=1S/C24H39FN4O4S/c1-7-19-21(29-14-16(2)33-17(3)15-29)9-8-20(22(19)25)26-23(30)28-12-10-18(11-13-28)27-34(31,32)24(4,5)6/h8-9,16-18,27H,7,10-15H2,1-6H3,(H,26,30). The number of morpholine rings is 1. The molecule has 2 aliphatic rings. The number of sulfonamides is 1. The SMILES string of the molecule is CCc1c(N2CC(C)OC(C)C2)ccc(NC(=O)N2CCC(NS(=O)(=O)C(C)(C)C)CC2)c1F. The molecule has 0 spiro atoms. The van der Waals surface area contributed by atoms with E-state index in [1.807, 2.05) is 26.8 Å². The van der Waals surface area contributed by atoms with Crippen molar-refractivity contribution in [2.75, 3.05) is 36.4 Å². The van der Waals surface area contributed by atoms with Crippen molar-refractivity contribution in [3.8, 4) is 0 Å². The molecule has 2 unspecified atom stereocenters. The van der Waals surface area contributed by atoms with Gasteiger partial charge in [0.1, 0.15) is 0 Å². The molecule has 2 fully saturated rings. The van der Waals surface area contributed by atoms with Crippen LogP contribution in [0.3, 0.4) is 0 Å². The van der Waals surface area contributed by atoms with Crippen molar-refractivity contribution in [1.29, 1.82) is 0 Å². The molecule has 34 heavy (non-hydrogen) atoms. The fourth-order valence-corrected chi connectivity index (χ4v) is 5.53. The summed E-state index contributed by atoms with van der Waals surface area (Å²) in [6, 6.07) is 2.90. The minimum absolute atomic E-state index is 0.0618. The molecule has 1 aromatic rings. The van der Waals surface area contributed by atoms with E-state index in [-0.39, 0.29) is 30.0 Å². The molecule has 2 amide bonds. The third-order valence-electron chi connectivity index (χ3n) is 6.48. The zero-order chi connectivity index (χ0) is 25.3. The maximum atomic E-state index is 15.4. The molecule has 2 N–H and O–H groups in total. The number of anilines is 2. The Morgan fingerprint density at radius 2 is 1.74 bits per heavy atom. The number of carbonyl (C=O) groups is 1. The van der Waals surface area contributed by atoms with Crippen molar-refractivity contribution < 1.29 is 22.3 Å². The molecular weight excluding hydrogens is 459 g/mol. The lowest BCUT2D eigenvalue weighted by molar-refractivity contribution is -0.00527. The molecule has 2 saturated heterocycles. The lowest BCUT2D eigenvalue weighted by Crippen LogP contribution is -2.50. The highest BCUT2D eigenvalue weighted by Crippen LogP contribution is 2.31. The van der Waals surface area contributed by atoms with E-state index < -0.39 is 20.6 Å². The Hall–Kier alpha value is -1.91. The highest BCUT2D eigenvalue weighted by molar-refractivity contribution is 7.90. The Balaban J connectivity index is 1.64. The lowest BCUT2D eigenvalue weighted by atomic mass is 10.0. The predicted molar refractivity (Wildman–Crippen MR) is 133 cm³/mol. The number of likely N-dealkylation sites (tertiary alicyclic amines) is 1. The van der Waals surface area contributed by atoms with Crippen LogP contribution in [0.25, 0.3) is 0 Å². The van der Waals surface area contributed by atoms with E-state index in [9.17, 15) is 13.2 Å². The van der Waals surface area contributed by atoms with Gasteiger partial charge in [-0.1, -0.05) is 6.92 Å². The molecule has 0 radical (unpaired) electrons. The number of nitrogens with one attached hydrogen (secondary N) is 2. The fourth-order valence-electron chi connectivity index (χ4n) is 4.51. The van der Waals surface area contributed by atoms with Crippen LogP contribution in [0.4, 0.5) is 20.6 Å². The van der Waals surface area contributed by atoms with E-state index >= 15 is 4.39 Å². The summed E-state index contributed by atoms with van der Waals surface area (Å²) in [5, 5.41) is 2.72. The molecule has 0 aliphatic carbocycles. The molecule has 3 rings (SSSR count). The number of piperidine rings is 1. The van der Waals surface area contributed by atoms with Gasteiger partial charge in [0.15, 0.2) is 5.82 Å². The van der Waals surface area contributed by atoms with Crippen molar-refractivity contribution >= 4 is 27.4 Å². The number of carbonyl (C=O) groups excluding carboxylic acids is 1. The van der Waals surface area contributed by atoms with E-state index in [1.165, 1.54) is 0 Å². The summed E-state index contributed by atoms with van der Waals surface area (Å²) in [5.41, 5.74) is 1.58. The predicted octanol–water partition coefficient (Wildman–Crippen LogP) is 3.72. The Labute approximate surface area is 203 Å². The maximum absolute atomic E-state index is 15.4. The average molecular weight is 499 g/mol. The first-order valence-electron chi connectivity index (χ1n) is 12.1. The van der Waals surface area contributed by atoms with E-state index in [0.29, 0.717) is 51.0 Å². The normalized spacial score (nSPS) is 22.7. The zero-order valence-corrected chi connectivity index (χ0v) is 22.0. The number of rotatable bonds is 5. The van der Waals surface area contributed by atoms with Crippen LogP contribution in [0.1, 0.15) is 59.9 Å². The highest BCUT2D eigenvalue weighted by atomic mass is 32.2. The highest BCUT2D eigenvalue weighted by Gasteiger charge is 2.33. The summed E-state index contributed by atoms with van der Waals surface area (Å²) in [4.78, 5) is 16.6. The number of halogens is 1. The monoisotopic (exact) mass is 498 g/mol. The van der Waals surface area contributed by atoms with Crippen LogP contribution in [0.5, 0.6) is 0 Å². The van der Waals surface area contributed by atoms with Crippen LogP contribution in [-0.2, 0) is 21.2 Å². The van der Waals surface area contributed by atoms with Crippen molar-refractivity contribution in [3.05, 3.63) is 23.5 Å². The van der Waals surface area contributed by atoms with Gasteiger partial charge < -0.3 is 19.9 Å². The van der Waals surface area contributed by atoms with E-state index in [4.69, 9.17) is 4.74 Å². The van der Waals surface area contributed by atoms with E-state index in [0.717, 1.165) is 5.69 Å². The van der Waals surface area contributed by atoms with Gasteiger partial charge in [0.05, 0.1) is 22.6 Å². The van der Waals surface area contributed by atoms with Crippen LogP contribution in [0, 0.1) is 5.82 Å². The smallest absolute Gasteiger partial charge is 0.321 e. The molecule has 8 nitrogen and oxygen atoms in total. The summed E-state index contributed by atoms with van der Waals surface area (Å²) in [7, 11) is -3.45. The molecule has 0 aromatic heterocycles. The zero-order valence-electron chi connectivity index (χ0n) is 21.2. The van der Waals surface area contributed by atoms with Crippen LogP contribution in [0.15, 0.2) is 12.1 Å². The number of nitrogens with zero attached hydrogens (tertiary/aromatic N) is 2. The second-order valence-corrected chi connectivity index (χ2v) is 12.8. The summed E-state index contributed by atoms with van der Waals surface area (Å²) >= 11 is 0. The third-order valence-corrected chi connectivity index (χ3v) is 8.74. The van der Waals surface area contributed by atoms with Crippen molar-refractivity contribution in [2.45, 2.75) is 83.8 Å². The second kappa shape index (κ2) is 10.4. The largest absolute Gasteiger partial charge is 0.372 e. The summed E-state index contributed by atoms with van der Waals surface area (Å²) in [5.74, 6) is -0.409. The molecule has 1 aromatic carbocycles. The minimum Gasteiger partial charge on any atom is -0.372 e. The van der Waals surface area contributed by atoms with Crippen LogP contribution < -0.4 is 14.9 Å².